The zero-order valence-electron chi connectivity index (χ0n) is 10.1. The number of amides is 2. The van der Waals surface area contributed by atoms with Crippen molar-refractivity contribution in [1.82, 2.24) is 10.2 Å². The molecule has 1 aromatic carbocycles. The summed E-state index contributed by atoms with van der Waals surface area (Å²) in [4.78, 5) is 24.2. The molecular formula is C12H16BrN3O2. The van der Waals surface area contributed by atoms with Crippen molar-refractivity contribution >= 4 is 27.7 Å². The summed E-state index contributed by atoms with van der Waals surface area (Å²) in [5.41, 5.74) is 6.15. The Kier molecular flexibility index (Phi) is 5.80. The first-order chi connectivity index (χ1) is 8.54. The lowest BCUT2D eigenvalue weighted by Gasteiger charge is -2.18. The predicted octanol–water partition coefficient (Wildman–Crippen LogP) is 0.482. The quantitative estimate of drug-likeness (QED) is 0.830. The second-order valence-corrected chi connectivity index (χ2v) is 4.68. The fraction of sp³-hybridized carbons (Fsp3) is 0.333. The molecule has 1 rings (SSSR count). The summed E-state index contributed by atoms with van der Waals surface area (Å²) >= 11 is 3.42. The Bertz CT molecular complexity index is 437. The Hall–Kier alpha value is -1.40. The molecule has 0 aromatic heterocycles. The number of benzene rings is 1. The average molecular weight is 314 g/mol. The minimum atomic E-state index is -0.336. The predicted molar refractivity (Wildman–Crippen MR) is 72.7 cm³/mol. The van der Waals surface area contributed by atoms with Crippen LogP contribution in [0.15, 0.2) is 28.7 Å². The van der Waals surface area contributed by atoms with E-state index in [1.165, 1.54) is 0 Å². The first-order valence-corrected chi connectivity index (χ1v) is 6.28. The van der Waals surface area contributed by atoms with E-state index in [1.807, 2.05) is 24.3 Å². The molecule has 98 valence electrons. The van der Waals surface area contributed by atoms with Crippen LogP contribution >= 0.6 is 15.9 Å². The van der Waals surface area contributed by atoms with Gasteiger partial charge >= 0.3 is 0 Å². The molecular weight excluding hydrogens is 298 g/mol. The van der Waals surface area contributed by atoms with Crippen LogP contribution in [0.1, 0.15) is 5.56 Å². The normalized spacial score (nSPS) is 9.94. The van der Waals surface area contributed by atoms with Crippen LogP contribution < -0.4 is 11.1 Å². The van der Waals surface area contributed by atoms with E-state index in [-0.39, 0.29) is 24.9 Å². The summed E-state index contributed by atoms with van der Waals surface area (Å²) in [5, 5.41) is 2.45. The van der Waals surface area contributed by atoms with Crippen LogP contribution in [0.2, 0.25) is 0 Å². The monoisotopic (exact) mass is 313 g/mol. The van der Waals surface area contributed by atoms with Gasteiger partial charge in [0.1, 0.15) is 0 Å². The number of likely N-dealkylation sites (N-methyl/N-ethyl adjacent to an activating group) is 1. The summed E-state index contributed by atoms with van der Waals surface area (Å²) in [5.74, 6) is -0.495. The number of nitrogens with one attached hydrogen (secondary N) is 1. The molecule has 0 unspecified atom stereocenters. The van der Waals surface area contributed by atoms with Gasteiger partial charge in [-0.3, -0.25) is 9.59 Å². The zero-order chi connectivity index (χ0) is 13.5. The summed E-state index contributed by atoms with van der Waals surface area (Å²) in [7, 11) is 1.69. The highest BCUT2D eigenvalue weighted by atomic mass is 79.9. The van der Waals surface area contributed by atoms with E-state index in [0.717, 1.165) is 10.0 Å². The van der Waals surface area contributed by atoms with E-state index >= 15 is 0 Å². The topological polar surface area (TPSA) is 75.4 Å². The number of hydrogen-bond acceptors (Lipinski definition) is 3. The van der Waals surface area contributed by atoms with E-state index in [0.29, 0.717) is 6.54 Å². The fourth-order valence-electron chi connectivity index (χ4n) is 1.35. The second kappa shape index (κ2) is 7.13. The van der Waals surface area contributed by atoms with E-state index in [4.69, 9.17) is 5.73 Å². The van der Waals surface area contributed by atoms with Crippen LogP contribution in [0.25, 0.3) is 0 Å². The van der Waals surface area contributed by atoms with Crippen LogP contribution in [0, 0.1) is 0 Å². The lowest BCUT2D eigenvalue weighted by molar-refractivity contribution is -0.131. The molecule has 0 aliphatic rings. The van der Waals surface area contributed by atoms with Crippen LogP contribution in [-0.4, -0.2) is 36.9 Å². The molecule has 0 aliphatic heterocycles. The number of rotatable bonds is 5. The summed E-state index contributed by atoms with van der Waals surface area (Å²) in [6, 6.07) is 7.68. The molecule has 2 amide bonds. The lowest BCUT2D eigenvalue weighted by Crippen LogP contribution is -2.40. The van der Waals surface area contributed by atoms with Gasteiger partial charge in [0, 0.05) is 18.1 Å². The highest BCUT2D eigenvalue weighted by Gasteiger charge is 2.11. The van der Waals surface area contributed by atoms with Crippen molar-refractivity contribution < 1.29 is 9.59 Å². The van der Waals surface area contributed by atoms with Gasteiger partial charge in [0.2, 0.25) is 11.8 Å². The number of carbonyl (C=O) groups excluding carboxylic acids is 2. The maximum absolute atomic E-state index is 11.7. The highest BCUT2D eigenvalue weighted by molar-refractivity contribution is 9.10. The molecule has 5 nitrogen and oxygen atoms in total. The van der Waals surface area contributed by atoms with Crippen LogP contribution in [-0.2, 0) is 16.1 Å². The second-order valence-electron chi connectivity index (χ2n) is 3.82. The number of nitrogens with two attached hydrogens (primary N) is 1. The van der Waals surface area contributed by atoms with Crippen LogP contribution in [0.4, 0.5) is 0 Å². The first-order valence-electron chi connectivity index (χ1n) is 5.48. The summed E-state index contributed by atoms with van der Waals surface area (Å²) in [6.45, 7) is 0.344. The van der Waals surface area contributed by atoms with Gasteiger partial charge in [-0.1, -0.05) is 34.1 Å². The van der Waals surface area contributed by atoms with Crippen molar-refractivity contribution in [2.24, 2.45) is 5.73 Å². The van der Waals surface area contributed by atoms with Crippen molar-refractivity contribution in [3.63, 3.8) is 0 Å². The Morgan fingerprint density at radius 1 is 1.39 bits per heavy atom. The molecule has 0 radical (unpaired) electrons. The average Bonchev–Trinajstić information content (AvgIpc) is 2.38. The van der Waals surface area contributed by atoms with Crippen molar-refractivity contribution in [2.45, 2.75) is 6.54 Å². The third-order valence-corrected chi connectivity index (χ3v) is 3.19. The minimum Gasteiger partial charge on any atom is -0.346 e. The van der Waals surface area contributed by atoms with Gasteiger partial charge in [-0.2, -0.15) is 0 Å². The molecule has 1 aromatic rings. The van der Waals surface area contributed by atoms with Gasteiger partial charge in [-0.25, -0.2) is 0 Å². The molecule has 0 heterocycles. The SMILES string of the molecule is CN(Cc1ccccc1Br)C(=O)CNC(=O)CN. The maximum Gasteiger partial charge on any atom is 0.242 e. The van der Waals surface area contributed by atoms with Gasteiger partial charge < -0.3 is 16.0 Å². The smallest absolute Gasteiger partial charge is 0.242 e. The minimum absolute atomic E-state index is 0.0308. The Morgan fingerprint density at radius 3 is 2.67 bits per heavy atom. The van der Waals surface area contributed by atoms with Gasteiger partial charge in [-0.05, 0) is 11.6 Å². The zero-order valence-corrected chi connectivity index (χ0v) is 11.7. The molecule has 3 N–H and O–H groups in total. The molecule has 0 aliphatic carbocycles. The molecule has 0 fully saturated rings. The van der Waals surface area contributed by atoms with Crippen LogP contribution in [0.5, 0.6) is 0 Å². The summed E-state index contributed by atoms with van der Waals surface area (Å²) in [6.07, 6.45) is 0. The summed E-state index contributed by atoms with van der Waals surface area (Å²) < 4.78 is 0.954. The van der Waals surface area contributed by atoms with Crippen molar-refractivity contribution in [3.05, 3.63) is 34.3 Å². The van der Waals surface area contributed by atoms with Gasteiger partial charge in [0.05, 0.1) is 13.1 Å². The molecule has 0 atom stereocenters. The van der Waals surface area contributed by atoms with Gasteiger partial charge in [0.25, 0.3) is 0 Å². The standard InChI is InChI=1S/C12H16BrN3O2/c1-16(12(18)7-15-11(17)6-14)8-9-4-2-3-5-10(9)13/h2-5H,6-8,14H2,1H3,(H,15,17). The highest BCUT2D eigenvalue weighted by Crippen LogP contribution is 2.17. The Balaban J connectivity index is 2.50. The molecule has 0 bridgehead atoms. The number of hydrogen-bond donors (Lipinski definition) is 2. The number of carbonyl (C=O) groups is 2. The number of halogens is 1. The third-order valence-electron chi connectivity index (χ3n) is 2.41. The molecule has 0 spiro atoms. The van der Waals surface area contributed by atoms with Gasteiger partial charge in [0.15, 0.2) is 0 Å². The Labute approximate surface area is 114 Å². The molecule has 0 saturated carbocycles. The van der Waals surface area contributed by atoms with E-state index in [2.05, 4.69) is 21.2 Å². The van der Waals surface area contributed by atoms with E-state index < -0.39 is 0 Å². The maximum atomic E-state index is 11.7. The van der Waals surface area contributed by atoms with E-state index in [1.54, 1.807) is 11.9 Å². The molecule has 0 saturated heterocycles. The van der Waals surface area contributed by atoms with Crippen molar-refractivity contribution in [1.29, 1.82) is 0 Å². The third kappa shape index (κ3) is 4.46. The van der Waals surface area contributed by atoms with Crippen LogP contribution in [0.3, 0.4) is 0 Å². The van der Waals surface area contributed by atoms with Crippen molar-refractivity contribution in [3.8, 4) is 0 Å². The first kappa shape index (κ1) is 14.7. The number of nitrogens with zero attached hydrogens (tertiary/aromatic N) is 1. The van der Waals surface area contributed by atoms with Crippen molar-refractivity contribution in [2.75, 3.05) is 20.1 Å². The largest absolute Gasteiger partial charge is 0.346 e. The Morgan fingerprint density at radius 2 is 2.06 bits per heavy atom. The fourth-order valence-corrected chi connectivity index (χ4v) is 1.76. The lowest BCUT2D eigenvalue weighted by atomic mass is 10.2. The molecule has 6 heteroatoms. The molecule has 18 heavy (non-hydrogen) atoms. The van der Waals surface area contributed by atoms with Gasteiger partial charge in [-0.15, -0.1) is 0 Å². The van der Waals surface area contributed by atoms with E-state index in [9.17, 15) is 9.59 Å².